The molecular formula is C42H52F2N10O6. The standard InChI is InChI=1S/C42H52F2N10O6/c1-26(2)54-25-42(43,44)40(59)50(3)33-24-45-41(49-37(33)54)47-32-10-8-28(23-34(32)60-4)38(57)46-29-12-16-53(17-13-29)36(56)14-15-51-18-20-52(21-19-51)30-7-5-6-27(22-30)31-9-11-35(55)48-39(31)58/h5-8,10,22-24,26,29,31H,9,11-21,25H2,1-4H3,(H,46,57)(H,45,47,49)(H,48,55,58). The summed E-state index contributed by atoms with van der Waals surface area (Å²) in [6.07, 6.45) is 3.85. The number of likely N-dealkylation sites (tertiary alicyclic amines) is 1. The van der Waals surface area contributed by atoms with Gasteiger partial charge in [0, 0.05) is 89.0 Å². The van der Waals surface area contributed by atoms with Crippen LogP contribution in [0.15, 0.2) is 48.7 Å². The van der Waals surface area contributed by atoms with Crippen LogP contribution in [0.3, 0.4) is 0 Å². The number of hydrogen-bond donors (Lipinski definition) is 3. The Morgan fingerprint density at radius 1 is 1.00 bits per heavy atom. The molecule has 60 heavy (non-hydrogen) atoms. The second-order valence-electron chi connectivity index (χ2n) is 16.0. The molecule has 0 aliphatic carbocycles. The first kappa shape index (κ1) is 42.2. The van der Waals surface area contributed by atoms with Gasteiger partial charge in [-0.2, -0.15) is 13.8 Å². The summed E-state index contributed by atoms with van der Waals surface area (Å²) < 4.78 is 35.1. The molecule has 18 heteroatoms. The van der Waals surface area contributed by atoms with Crippen molar-refractivity contribution in [3.63, 3.8) is 0 Å². The molecule has 3 N–H and O–H groups in total. The number of piperazine rings is 1. The first-order chi connectivity index (χ1) is 28.7. The molecule has 5 amide bonds. The lowest BCUT2D eigenvalue weighted by Crippen LogP contribution is -2.49. The number of carbonyl (C=O) groups excluding carboxylic acids is 5. The van der Waals surface area contributed by atoms with Crippen LogP contribution >= 0.6 is 0 Å². The number of benzene rings is 2. The second-order valence-corrected chi connectivity index (χ2v) is 16.0. The molecule has 1 aromatic heterocycles. The molecule has 0 bridgehead atoms. The minimum absolute atomic E-state index is 0.0939. The van der Waals surface area contributed by atoms with Crippen LogP contribution in [-0.2, 0) is 19.2 Å². The van der Waals surface area contributed by atoms with E-state index in [0.717, 1.165) is 42.3 Å². The molecule has 7 rings (SSSR count). The van der Waals surface area contributed by atoms with Crippen LogP contribution in [0.25, 0.3) is 0 Å². The van der Waals surface area contributed by atoms with Crippen LogP contribution in [0.5, 0.6) is 5.75 Å². The van der Waals surface area contributed by atoms with Gasteiger partial charge in [-0.05, 0) is 69.0 Å². The lowest BCUT2D eigenvalue weighted by molar-refractivity contribution is -0.140. The number of rotatable bonds is 11. The van der Waals surface area contributed by atoms with Crippen molar-refractivity contribution in [3.05, 3.63) is 59.8 Å². The number of carbonyl (C=O) groups is 5. The van der Waals surface area contributed by atoms with E-state index in [0.29, 0.717) is 68.7 Å². The Bertz CT molecular complexity index is 2120. The number of hydrogen-bond acceptors (Lipinski definition) is 12. The average molecular weight is 831 g/mol. The zero-order chi connectivity index (χ0) is 42.7. The Balaban J connectivity index is 0.866. The Morgan fingerprint density at radius 2 is 1.75 bits per heavy atom. The number of anilines is 5. The number of halogens is 2. The summed E-state index contributed by atoms with van der Waals surface area (Å²) in [6, 6.07) is 12.4. The zero-order valence-electron chi connectivity index (χ0n) is 34.4. The van der Waals surface area contributed by atoms with Crippen LogP contribution < -0.4 is 35.4 Å². The van der Waals surface area contributed by atoms with Crippen molar-refractivity contribution < 1.29 is 37.5 Å². The van der Waals surface area contributed by atoms with Crippen LogP contribution in [0.4, 0.5) is 37.6 Å². The largest absolute Gasteiger partial charge is 0.495 e. The third-order valence-electron chi connectivity index (χ3n) is 11.8. The summed E-state index contributed by atoms with van der Waals surface area (Å²) in [6.45, 7) is 7.65. The number of imide groups is 1. The van der Waals surface area contributed by atoms with Crippen molar-refractivity contribution in [3.8, 4) is 5.75 Å². The highest BCUT2D eigenvalue weighted by atomic mass is 19.3. The molecule has 4 aliphatic heterocycles. The molecule has 1 atom stereocenters. The van der Waals surface area contributed by atoms with Gasteiger partial charge in [-0.3, -0.25) is 34.2 Å². The molecular weight excluding hydrogens is 779 g/mol. The number of piperidine rings is 2. The highest BCUT2D eigenvalue weighted by Gasteiger charge is 2.47. The predicted octanol–water partition coefficient (Wildman–Crippen LogP) is 3.51. The van der Waals surface area contributed by atoms with Gasteiger partial charge in [-0.15, -0.1) is 0 Å². The number of amides is 5. The van der Waals surface area contributed by atoms with Gasteiger partial charge in [0.25, 0.3) is 11.8 Å². The van der Waals surface area contributed by atoms with E-state index >= 15 is 0 Å². The molecule has 1 unspecified atom stereocenters. The minimum Gasteiger partial charge on any atom is -0.495 e. The number of nitrogens with one attached hydrogen (secondary N) is 3. The molecule has 0 spiro atoms. The normalized spacial score (nSPS) is 20.1. The quantitative estimate of drug-likeness (QED) is 0.241. The van der Waals surface area contributed by atoms with Gasteiger partial charge < -0.3 is 35.0 Å². The third-order valence-corrected chi connectivity index (χ3v) is 11.8. The molecule has 320 valence electrons. The molecule has 3 aromatic rings. The summed E-state index contributed by atoms with van der Waals surface area (Å²) in [4.78, 5) is 80.5. The van der Waals surface area contributed by atoms with Crippen LogP contribution in [0.1, 0.15) is 67.8 Å². The number of ether oxygens (including phenoxy) is 1. The second kappa shape index (κ2) is 17.7. The van der Waals surface area contributed by atoms with Gasteiger partial charge in [0.1, 0.15) is 11.4 Å². The predicted molar refractivity (Wildman–Crippen MR) is 221 cm³/mol. The summed E-state index contributed by atoms with van der Waals surface area (Å²) >= 11 is 0. The minimum atomic E-state index is -3.61. The SMILES string of the molecule is COc1cc(C(=O)NC2CCN(C(=O)CCN3CCN(c4cccc(C5CCC(=O)NC5=O)c4)CC3)CC2)ccc1Nc1ncc2c(n1)N(C(C)C)CC(F)(F)C(=O)N2C. The van der Waals surface area contributed by atoms with E-state index in [9.17, 15) is 32.8 Å². The van der Waals surface area contributed by atoms with Gasteiger partial charge >= 0.3 is 5.92 Å². The summed E-state index contributed by atoms with van der Waals surface area (Å²) in [5, 5.41) is 8.59. The monoisotopic (exact) mass is 830 g/mol. The Morgan fingerprint density at radius 3 is 2.45 bits per heavy atom. The van der Waals surface area contributed by atoms with Crippen LogP contribution in [0.2, 0.25) is 0 Å². The van der Waals surface area contributed by atoms with Crippen molar-refractivity contribution in [2.45, 2.75) is 69.9 Å². The summed E-state index contributed by atoms with van der Waals surface area (Å²) in [5.74, 6) is -5.30. The van der Waals surface area contributed by atoms with Gasteiger partial charge in [-0.25, -0.2) is 4.98 Å². The lowest BCUT2D eigenvalue weighted by Gasteiger charge is -2.37. The molecule has 4 aliphatic rings. The number of methoxy groups -OCH3 is 1. The fourth-order valence-corrected chi connectivity index (χ4v) is 8.20. The van der Waals surface area contributed by atoms with Gasteiger partial charge in [0.15, 0.2) is 5.82 Å². The molecule has 0 saturated carbocycles. The molecule has 0 radical (unpaired) electrons. The molecule has 3 saturated heterocycles. The van der Waals surface area contributed by atoms with Gasteiger partial charge in [-0.1, -0.05) is 12.1 Å². The molecule has 3 fully saturated rings. The average Bonchev–Trinajstić information content (AvgIpc) is 3.31. The number of alkyl halides is 2. The Labute approximate surface area is 347 Å². The number of aromatic nitrogens is 2. The smallest absolute Gasteiger partial charge is 0.342 e. The fourth-order valence-electron chi connectivity index (χ4n) is 8.20. The van der Waals surface area contributed by atoms with Crippen molar-refractivity contribution in [1.29, 1.82) is 0 Å². The van der Waals surface area contributed by atoms with E-state index in [1.165, 1.54) is 25.3 Å². The zero-order valence-corrected chi connectivity index (χ0v) is 34.4. The molecule has 2 aromatic carbocycles. The van der Waals surface area contributed by atoms with Crippen LogP contribution in [-0.4, -0.2) is 134 Å². The van der Waals surface area contributed by atoms with Gasteiger partial charge in [0.05, 0.1) is 31.5 Å². The fraction of sp³-hybridized carbons (Fsp3) is 0.500. The first-order valence-electron chi connectivity index (χ1n) is 20.4. The molecule has 5 heterocycles. The highest BCUT2D eigenvalue weighted by Crippen LogP contribution is 2.37. The topological polar surface area (TPSA) is 173 Å². The maximum atomic E-state index is 14.7. The van der Waals surface area contributed by atoms with Crippen LogP contribution in [0, 0.1) is 0 Å². The van der Waals surface area contributed by atoms with E-state index in [1.54, 1.807) is 32.0 Å². The van der Waals surface area contributed by atoms with Crippen molar-refractivity contribution in [2.24, 2.45) is 0 Å². The summed E-state index contributed by atoms with van der Waals surface area (Å²) in [7, 11) is 2.73. The number of fused-ring (bicyclic) bond motifs is 1. The van der Waals surface area contributed by atoms with E-state index < -0.39 is 18.4 Å². The van der Waals surface area contributed by atoms with Crippen molar-refractivity contribution >= 4 is 58.4 Å². The van der Waals surface area contributed by atoms with E-state index in [2.05, 4.69) is 35.7 Å². The highest BCUT2D eigenvalue weighted by molar-refractivity contribution is 6.02. The van der Waals surface area contributed by atoms with Crippen molar-refractivity contribution in [2.75, 3.05) is 86.5 Å². The number of nitrogens with zero attached hydrogens (tertiary/aromatic N) is 7. The maximum absolute atomic E-state index is 14.7. The Kier molecular flexibility index (Phi) is 12.5. The Hall–Kier alpha value is -5.91. The lowest BCUT2D eigenvalue weighted by atomic mass is 9.90. The van der Waals surface area contributed by atoms with Crippen molar-refractivity contribution in [1.82, 2.24) is 30.4 Å². The molecule has 16 nitrogen and oxygen atoms in total. The summed E-state index contributed by atoms with van der Waals surface area (Å²) in [5.41, 5.74) is 2.94. The maximum Gasteiger partial charge on any atom is 0.342 e. The van der Waals surface area contributed by atoms with Gasteiger partial charge in [0.2, 0.25) is 23.7 Å². The van der Waals surface area contributed by atoms with E-state index in [1.807, 2.05) is 29.2 Å². The third kappa shape index (κ3) is 9.27. The van der Waals surface area contributed by atoms with E-state index in [4.69, 9.17) is 4.74 Å². The van der Waals surface area contributed by atoms with E-state index in [-0.39, 0.29) is 59.1 Å². The first-order valence-corrected chi connectivity index (χ1v) is 20.4.